The maximum atomic E-state index is 13.8. The van der Waals surface area contributed by atoms with Crippen LogP contribution < -0.4 is 0 Å². The SMILES string of the molecule is CN1C(=O)C2=C(O[C@H](c3ccccc3)[C@@H]3[C@@H]2CC[C@]2(C)[C@@H](OC(C)(C)C)CC[C@]32O)N(C)C1(C)C. The highest BCUT2D eigenvalue weighted by atomic mass is 16.5. The first-order valence-electron chi connectivity index (χ1n) is 13.1. The Balaban J connectivity index is 1.66. The molecule has 6 nitrogen and oxygen atoms in total. The molecule has 0 saturated heterocycles. The Morgan fingerprint density at radius 2 is 1.69 bits per heavy atom. The largest absolute Gasteiger partial charge is 0.470 e. The summed E-state index contributed by atoms with van der Waals surface area (Å²) in [4.78, 5) is 17.7. The molecule has 2 aliphatic carbocycles. The van der Waals surface area contributed by atoms with Gasteiger partial charge in [-0.15, -0.1) is 0 Å². The lowest BCUT2D eigenvalue weighted by Gasteiger charge is -2.60. The van der Waals surface area contributed by atoms with Crippen molar-refractivity contribution >= 4 is 5.91 Å². The zero-order valence-electron chi connectivity index (χ0n) is 22.6. The number of nitrogens with zero attached hydrogens (tertiary/aromatic N) is 2. The van der Waals surface area contributed by atoms with Crippen LogP contribution in [0.4, 0.5) is 0 Å². The summed E-state index contributed by atoms with van der Waals surface area (Å²) in [6, 6.07) is 10.2. The van der Waals surface area contributed by atoms with E-state index in [1.165, 1.54) is 0 Å². The van der Waals surface area contributed by atoms with Crippen LogP contribution in [0.1, 0.15) is 78.9 Å². The molecule has 192 valence electrons. The minimum Gasteiger partial charge on any atom is -0.470 e. The van der Waals surface area contributed by atoms with Crippen LogP contribution in [0.5, 0.6) is 0 Å². The van der Waals surface area contributed by atoms with Crippen molar-refractivity contribution in [2.75, 3.05) is 14.1 Å². The molecular formula is C29H42N2O4. The second-order valence-corrected chi connectivity index (χ2v) is 12.9. The maximum absolute atomic E-state index is 13.8. The number of likely N-dealkylation sites (N-methyl/N-ethyl adjacent to an activating group) is 1. The normalized spacial score (nSPS) is 38.6. The number of carbonyl (C=O) groups is 1. The van der Waals surface area contributed by atoms with Crippen LogP contribution in [0.25, 0.3) is 0 Å². The van der Waals surface area contributed by atoms with Crippen molar-refractivity contribution in [1.82, 2.24) is 9.80 Å². The van der Waals surface area contributed by atoms with Gasteiger partial charge in [-0.3, -0.25) is 4.79 Å². The van der Waals surface area contributed by atoms with Crippen LogP contribution >= 0.6 is 0 Å². The van der Waals surface area contributed by atoms with Crippen molar-refractivity contribution in [3.05, 3.63) is 47.4 Å². The topological polar surface area (TPSA) is 62.2 Å². The number of rotatable bonds is 2. The summed E-state index contributed by atoms with van der Waals surface area (Å²) in [7, 11) is 3.87. The van der Waals surface area contributed by atoms with E-state index in [0.717, 1.165) is 30.4 Å². The molecule has 4 aliphatic rings. The molecule has 2 fully saturated rings. The van der Waals surface area contributed by atoms with Crippen LogP contribution in [0.15, 0.2) is 41.8 Å². The Hall–Kier alpha value is -2.05. The molecule has 0 bridgehead atoms. The Bertz CT molecular complexity index is 1040. The highest BCUT2D eigenvalue weighted by Crippen LogP contribution is 2.66. The predicted octanol–water partition coefficient (Wildman–Crippen LogP) is 4.85. The van der Waals surface area contributed by atoms with Crippen LogP contribution in [0, 0.1) is 17.3 Å². The highest BCUT2D eigenvalue weighted by molar-refractivity contribution is 5.96. The summed E-state index contributed by atoms with van der Waals surface area (Å²) in [6.07, 6.45) is 2.72. The van der Waals surface area contributed by atoms with Gasteiger partial charge in [0.05, 0.1) is 22.9 Å². The predicted molar refractivity (Wildman–Crippen MR) is 135 cm³/mol. The molecular weight excluding hydrogens is 440 g/mol. The molecule has 0 radical (unpaired) electrons. The zero-order valence-corrected chi connectivity index (χ0v) is 22.6. The fourth-order valence-corrected chi connectivity index (χ4v) is 7.27. The molecule has 0 spiro atoms. The number of amides is 1. The average molecular weight is 483 g/mol. The molecule has 2 heterocycles. The number of carbonyl (C=O) groups excluding carboxylic acids is 1. The van der Waals surface area contributed by atoms with Crippen LogP contribution in [0.3, 0.4) is 0 Å². The van der Waals surface area contributed by atoms with E-state index in [4.69, 9.17) is 9.47 Å². The van der Waals surface area contributed by atoms with Gasteiger partial charge in [0.15, 0.2) is 0 Å². The van der Waals surface area contributed by atoms with E-state index in [9.17, 15) is 9.90 Å². The van der Waals surface area contributed by atoms with Crippen molar-refractivity contribution in [3.63, 3.8) is 0 Å². The molecule has 6 atom stereocenters. The highest BCUT2D eigenvalue weighted by Gasteiger charge is 2.69. The standard InChI is InChI=1S/C29H42N2O4/c1-26(2,3)35-20-15-17-29(33)22-19(14-16-28(20,29)6)21-24(32)30(7)27(4,5)31(8)25(21)34-23(22)18-12-10-9-11-13-18/h9-13,19-20,22-23,33H,14-17H2,1-8H3/t19-,20+,22+,23-,28-,29+/m1/s1. The summed E-state index contributed by atoms with van der Waals surface area (Å²) in [5.74, 6) is 0.366. The fraction of sp³-hybridized carbons (Fsp3) is 0.690. The van der Waals surface area contributed by atoms with Gasteiger partial charge in [0.25, 0.3) is 5.91 Å². The first kappa shape index (κ1) is 24.6. The van der Waals surface area contributed by atoms with E-state index in [1.54, 1.807) is 0 Å². The third kappa shape index (κ3) is 3.39. The molecule has 1 amide bonds. The van der Waals surface area contributed by atoms with Gasteiger partial charge in [0.1, 0.15) is 11.8 Å². The minimum absolute atomic E-state index is 0.0114. The first-order chi connectivity index (χ1) is 16.2. The van der Waals surface area contributed by atoms with Gasteiger partial charge in [-0.2, -0.15) is 0 Å². The van der Waals surface area contributed by atoms with Crippen molar-refractivity contribution in [1.29, 1.82) is 0 Å². The van der Waals surface area contributed by atoms with Crippen LogP contribution in [-0.4, -0.2) is 57.9 Å². The van der Waals surface area contributed by atoms with E-state index in [1.807, 2.05) is 51.0 Å². The first-order valence-corrected chi connectivity index (χ1v) is 13.1. The maximum Gasteiger partial charge on any atom is 0.257 e. The molecule has 1 N–H and O–H groups in total. The van der Waals surface area contributed by atoms with Gasteiger partial charge >= 0.3 is 0 Å². The Morgan fingerprint density at radius 3 is 2.31 bits per heavy atom. The smallest absolute Gasteiger partial charge is 0.257 e. The van der Waals surface area contributed by atoms with Crippen molar-refractivity contribution in [2.45, 2.75) is 96.3 Å². The second kappa shape index (κ2) is 7.72. The average Bonchev–Trinajstić information content (AvgIpc) is 3.05. The van der Waals surface area contributed by atoms with Crippen molar-refractivity contribution < 1.29 is 19.4 Å². The summed E-state index contributed by atoms with van der Waals surface area (Å²) < 4.78 is 13.4. The third-order valence-corrected chi connectivity index (χ3v) is 9.72. The molecule has 1 aromatic rings. The Kier molecular flexibility index (Phi) is 5.44. The van der Waals surface area contributed by atoms with E-state index in [0.29, 0.717) is 12.3 Å². The number of hydrogen-bond acceptors (Lipinski definition) is 5. The summed E-state index contributed by atoms with van der Waals surface area (Å²) >= 11 is 0. The molecule has 1 aromatic carbocycles. The second-order valence-electron chi connectivity index (χ2n) is 12.9. The van der Waals surface area contributed by atoms with Gasteiger partial charge in [-0.05, 0) is 65.9 Å². The number of hydrogen-bond donors (Lipinski definition) is 1. The van der Waals surface area contributed by atoms with Crippen molar-refractivity contribution in [3.8, 4) is 0 Å². The van der Waals surface area contributed by atoms with Gasteiger partial charge in [-0.25, -0.2) is 0 Å². The number of ether oxygens (including phenoxy) is 2. The number of fused-ring (bicyclic) bond motifs is 4. The number of benzene rings is 1. The van der Waals surface area contributed by atoms with Crippen LogP contribution in [-0.2, 0) is 14.3 Å². The monoisotopic (exact) mass is 482 g/mol. The molecule has 0 aromatic heterocycles. The van der Waals surface area contributed by atoms with Gasteiger partial charge in [-0.1, -0.05) is 37.3 Å². The summed E-state index contributed by atoms with van der Waals surface area (Å²) in [5.41, 5.74) is -0.445. The number of aliphatic hydroxyl groups is 1. The van der Waals surface area contributed by atoms with E-state index in [2.05, 4.69) is 44.7 Å². The molecule has 6 heteroatoms. The van der Waals surface area contributed by atoms with Crippen molar-refractivity contribution in [2.24, 2.45) is 17.3 Å². The van der Waals surface area contributed by atoms with E-state index >= 15 is 0 Å². The van der Waals surface area contributed by atoms with Crippen LogP contribution in [0.2, 0.25) is 0 Å². The minimum atomic E-state index is -1.00. The molecule has 35 heavy (non-hydrogen) atoms. The lowest BCUT2D eigenvalue weighted by Crippen LogP contribution is -2.66. The lowest BCUT2D eigenvalue weighted by molar-refractivity contribution is -0.229. The van der Waals surface area contributed by atoms with Gasteiger partial charge < -0.3 is 24.4 Å². The molecule has 2 aliphatic heterocycles. The lowest BCUT2D eigenvalue weighted by atomic mass is 9.53. The summed E-state index contributed by atoms with van der Waals surface area (Å²) in [6.45, 7) is 12.5. The van der Waals surface area contributed by atoms with Gasteiger partial charge in [0.2, 0.25) is 5.88 Å². The Morgan fingerprint density at radius 1 is 1.03 bits per heavy atom. The molecule has 0 unspecified atom stereocenters. The summed E-state index contributed by atoms with van der Waals surface area (Å²) in [5, 5.41) is 12.7. The Labute approximate surface area is 210 Å². The van der Waals surface area contributed by atoms with E-state index < -0.39 is 16.7 Å². The van der Waals surface area contributed by atoms with Gasteiger partial charge in [0, 0.05) is 31.3 Å². The zero-order chi connectivity index (χ0) is 25.6. The third-order valence-electron chi connectivity index (χ3n) is 9.72. The quantitative estimate of drug-likeness (QED) is 0.653. The molecule has 2 saturated carbocycles. The fourth-order valence-electron chi connectivity index (χ4n) is 7.27. The van der Waals surface area contributed by atoms with E-state index in [-0.39, 0.29) is 35.6 Å². The molecule has 5 rings (SSSR count).